The quantitative estimate of drug-likeness (QED) is 0.815. The number of rotatable bonds is 6. The fourth-order valence-electron chi connectivity index (χ4n) is 1.70. The highest BCUT2D eigenvalue weighted by Crippen LogP contribution is 2.14. The molecule has 0 unspecified atom stereocenters. The van der Waals surface area contributed by atoms with Gasteiger partial charge in [0.1, 0.15) is 6.54 Å². The minimum Gasteiger partial charge on any atom is -0.480 e. The Morgan fingerprint density at radius 1 is 1.24 bits per heavy atom. The third kappa shape index (κ3) is 5.42. The number of benzene rings is 1. The summed E-state index contributed by atoms with van der Waals surface area (Å²) >= 11 is 0. The lowest BCUT2D eigenvalue weighted by molar-refractivity contribution is -0.138. The number of hydrogen-bond donors (Lipinski definition) is 2. The van der Waals surface area contributed by atoms with Crippen LogP contribution in [0.15, 0.2) is 24.3 Å². The van der Waals surface area contributed by atoms with E-state index in [4.69, 9.17) is 5.11 Å². The molecular formula is C13H18N2O5S. The zero-order valence-electron chi connectivity index (χ0n) is 12.0. The number of carboxylic acid groups (broad SMARTS) is 1. The van der Waals surface area contributed by atoms with Crippen molar-refractivity contribution in [3.63, 3.8) is 0 Å². The summed E-state index contributed by atoms with van der Waals surface area (Å²) in [6, 6.07) is 5.55. The molecule has 0 spiro atoms. The number of hydrogen-bond acceptors (Lipinski definition) is 4. The summed E-state index contributed by atoms with van der Waals surface area (Å²) in [6.07, 6.45) is 1.03. The number of amides is 1. The van der Waals surface area contributed by atoms with E-state index in [9.17, 15) is 18.0 Å². The minimum atomic E-state index is -3.38. The predicted molar refractivity (Wildman–Crippen MR) is 78.7 cm³/mol. The number of nitrogens with zero attached hydrogens (tertiary/aromatic N) is 1. The maximum absolute atomic E-state index is 12.2. The monoisotopic (exact) mass is 314 g/mol. The first kappa shape index (κ1) is 17.0. The van der Waals surface area contributed by atoms with E-state index in [0.717, 1.165) is 6.26 Å². The Morgan fingerprint density at radius 3 is 2.14 bits per heavy atom. The lowest BCUT2D eigenvalue weighted by Gasteiger charge is -2.25. The van der Waals surface area contributed by atoms with E-state index in [-0.39, 0.29) is 12.6 Å². The van der Waals surface area contributed by atoms with E-state index in [2.05, 4.69) is 4.72 Å². The van der Waals surface area contributed by atoms with Crippen molar-refractivity contribution >= 4 is 27.6 Å². The third-order valence-electron chi connectivity index (χ3n) is 2.62. The summed E-state index contributed by atoms with van der Waals surface area (Å²) in [6.45, 7) is 3.06. The number of carboxylic acids is 1. The molecule has 1 aromatic rings. The molecule has 0 aliphatic carbocycles. The van der Waals surface area contributed by atoms with Gasteiger partial charge in [-0.3, -0.25) is 14.3 Å². The molecule has 1 aromatic carbocycles. The molecular weight excluding hydrogens is 296 g/mol. The van der Waals surface area contributed by atoms with Gasteiger partial charge in [0.15, 0.2) is 0 Å². The molecule has 0 bridgehead atoms. The van der Waals surface area contributed by atoms with Gasteiger partial charge in [0, 0.05) is 17.3 Å². The van der Waals surface area contributed by atoms with Crippen LogP contribution in [-0.2, 0) is 14.8 Å². The van der Waals surface area contributed by atoms with E-state index in [0.29, 0.717) is 11.3 Å². The maximum Gasteiger partial charge on any atom is 0.323 e. The lowest BCUT2D eigenvalue weighted by Crippen LogP contribution is -2.40. The number of carbonyl (C=O) groups is 2. The zero-order chi connectivity index (χ0) is 16.2. The van der Waals surface area contributed by atoms with E-state index in [1.54, 1.807) is 13.8 Å². The van der Waals surface area contributed by atoms with Crippen LogP contribution in [0.2, 0.25) is 0 Å². The van der Waals surface area contributed by atoms with Crippen LogP contribution in [-0.4, -0.2) is 49.1 Å². The Bertz CT molecular complexity index is 622. The van der Waals surface area contributed by atoms with Crippen LogP contribution in [0.4, 0.5) is 5.69 Å². The zero-order valence-corrected chi connectivity index (χ0v) is 12.8. The van der Waals surface area contributed by atoms with Crippen molar-refractivity contribution in [2.45, 2.75) is 19.9 Å². The Morgan fingerprint density at radius 2 is 1.76 bits per heavy atom. The van der Waals surface area contributed by atoms with Crippen LogP contribution < -0.4 is 4.72 Å². The molecule has 0 atom stereocenters. The van der Waals surface area contributed by atoms with Crippen LogP contribution in [0.1, 0.15) is 24.2 Å². The molecule has 1 amide bonds. The molecule has 0 saturated heterocycles. The molecule has 21 heavy (non-hydrogen) atoms. The van der Waals surface area contributed by atoms with Gasteiger partial charge in [-0.2, -0.15) is 0 Å². The highest BCUT2D eigenvalue weighted by atomic mass is 32.2. The molecule has 8 heteroatoms. The van der Waals surface area contributed by atoms with Crippen LogP contribution >= 0.6 is 0 Å². The molecule has 116 valence electrons. The van der Waals surface area contributed by atoms with Crippen LogP contribution in [0.25, 0.3) is 0 Å². The van der Waals surface area contributed by atoms with Crippen molar-refractivity contribution in [3.8, 4) is 0 Å². The number of carbonyl (C=O) groups excluding carboxylic acids is 1. The highest BCUT2D eigenvalue weighted by Gasteiger charge is 2.21. The highest BCUT2D eigenvalue weighted by molar-refractivity contribution is 7.92. The third-order valence-corrected chi connectivity index (χ3v) is 3.23. The second kappa shape index (κ2) is 6.57. The number of aliphatic carboxylic acids is 1. The smallest absolute Gasteiger partial charge is 0.323 e. The number of anilines is 1. The second-order valence-electron chi connectivity index (χ2n) is 4.87. The van der Waals surface area contributed by atoms with Crippen molar-refractivity contribution in [2.75, 3.05) is 17.5 Å². The van der Waals surface area contributed by atoms with Crippen molar-refractivity contribution < 1.29 is 23.1 Å². The summed E-state index contributed by atoms with van der Waals surface area (Å²) in [5.41, 5.74) is 0.632. The largest absolute Gasteiger partial charge is 0.480 e. The molecule has 0 aliphatic heterocycles. The fourth-order valence-corrected chi connectivity index (χ4v) is 2.26. The molecule has 7 nitrogen and oxygen atoms in total. The van der Waals surface area contributed by atoms with Gasteiger partial charge in [-0.15, -0.1) is 0 Å². The van der Waals surface area contributed by atoms with E-state index in [1.165, 1.54) is 29.2 Å². The molecule has 1 rings (SSSR count). The van der Waals surface area contributed by atoms with E-state index < -0.39 is 21.9 Å². The van der Waals surface area contributed by atoms with Gasteiger partial charge < -0.3 is 10.0 Å². The van der Waals surface area contributed by atoms with E-state index in [1.807, 2.05) is 0 Å². The number of nitrogens with one attached hydrogen (secondary N) is 1. The van der Waals surface area contributed by atoms with Crippen molar-refractivity contribution in [3.05, 3.63) is 29.8 Å². The van der Waals surface area contributed by atoms with Crippen LogP contribution in [0, 0.1) is 0 Å². The van der Waals surface area contributed by atoms with Gasteiger partial charge in [-0.05, 0) is 38.1 Å². The molecule has 0 saturated carbocycles. The molecule has 0 aliphatic rings. The molecule has 0 aromatic heterocycles. The van der Waals surface area contributed by atoms with Crippen molar-refractivity contribution in [1.82, 2.24) is 4.90 Å². The van der Waals surface area contributed by atoms with Crippen LogP contribution in [0.5, 0.6) is 0 Å². The normalized spacial score (nSPS) is 11.2. The van der Waals surface area contributed by atoms with Crippen LogP contribution in [0.3, 0.4) is 0 Å². The Labute approximate surface area is 123 Å². The summed E-state index contributed by atoms with van der Waals surface area (Å²) in [4.78, 5) is 24.3. The first-order chi connectivity index (χ1) is 9.60. The Hall–Kier alpha value is -2.09. The average Bonchev–Trinajstić information content (AvgIpc) is 2.33. The van der Waals surface area contributed by atoms with Gasteiger partial charge in [-0.25, -0.2) is 8.42 Å². The standard InChI is InChI=1S/C13H18N2O5S/c1-9(2)15(8-12(16)17)13(18)10-4-6-11(7-5-10)14-21(3,19)20/h4-7,9,14H,8H2,1-3H3,(H,16,17). The summed E-state index contributed by atoms with van der Waals surface area (Å²) in [5, 5.41) is 8.83. The summed E-state index contributed by atoms with van der Waals surface area (Å²) < 4.78 is 24.5. The first-order valence-electron chi connectivity index (χ1n) is 6.21. The molecule has 2 N–H and O–H groups in total. The van der Waals surface area contributed by atoms with Gasteiger partial charge in [0.25, 0.3) is 5.91 Å². The average molecular weight is 314 g/mol. The van der Waals surface area contributed by atoms with Gasteiger partial charge >= 0.3 is 5.97 Å². The number of sulfonamides is 1. The Kier molecular flexibility index (Phi) is 5.31. The SMILES string of the molecule is CC(C)N(CC(=O)O)C(=O)c1ccc(NS(C)(=O)=O)cc1. The molecule has 0 fully saturated rings. The van der Waals surface area contributed by atoms with Gasteiger partial charge in [0.2, 0.25) is 10.0 Å². The lowest BCUT2D eigenvalue weighted by atomic mass is 10.1. The fraction of sp³-hybridized carbons (Fsp3) is 0.385. The summed E-state index contributed by atoms with van der Waals surface area (Å²) in [5.74, 6) is -1.51. The van der Waals surface area contributed by atoms with Crippen molar-refractivity contribution in [1.29, 1.82) is 0 Å². The first-order valence-corrected chi connectivity index (χ1v) is 8.10. The predicted octanol–water partition coefficient (Wildman–Crippen LogP) is 0.993. The van der Waals surface area contributed by atoms with E-state index >= 15 is 0 Å². The topological polar surface area (TPSA) is 104 Å². The molecule has 0 heterocycles. The maximum atomic E-state index is 12.2. The van der Waals surface area contributed by atoms with Gasteiger partial charge in [-0.1, -0.05) is 0 Å². The Balaban J connectivity index is 2.94. The summed E-state index contributed by atoms with van der Waals surface area (Å²) in [7, 11) is -3.38. The minimum absolute atomic E-state index is 0.262. The molecule has 0 radical (unpaired) electrons. The van der Waals surface area contributed by atoms with Gasteiger partial charge in [0.05, 0.1) is 6.26 Å². The second-order valence-corrected chi connectivity index (χ2v) is 6.62. The van der Waals surface area contributed by atoms with Crippen molar-refractivity contribution in [2.24, 2.45) is 0 Å².